The molecule has 0 saturated heterocycles. The number of hydrogen-bond acceptors (Lipinski definition) is 10. The Bertz CT molecular complexity index is 3860. The largest absolute Gasteiger partial charge is 0.402 e. The van der Waals surface area contributed by atoms with Crippen molar-refractivity contribution in [1.82, 2.24) is 67.7 Å². The van der Waals surface area contributed by atoms with Crippen LogP contribution < -0.4 is 0 Å². The molecule has 10 aromatic heterocycles. The molecule has 0 amide bonds. The third-order valence-corrected chi connectivity index (χ3v) is 11.8. The predicted octanol–water partition coefficient (Wildman–Crippen LogP) is 8.32. The molecular weight excluding hydrogens is 757 g/mol. The zero-order valence-corrected chi connectivity index (χ0v) is 30.8. The van der Waals surface area contributed by atoms with E-state index in [-0.39, 0.29) is 11.4 Å². The minimum absolute atomic E-state index is 0.287. The molecule has 280 valence electrons. The van der Waals surface area contributed by atoms with Crippen LogP contribution in [0.3, 0.4) is 0 Å². The van der Waals surface area contributed by atoms with Crippen molar-refractivity contribution in [3.63, 3.8) is 0 Å². The van der Waals surface area contributed by atoms with Crippen molar-refractivity contribution >= 4 is 88.4 Å². The molecular formula is C44H22N14O2. The summed E-state index contributed by atoms with van der Waals surface area (Å²) in [5.41, 5.74) is 11.6. The maximum Gasteiger partial charge on any atom is 0.308 e. The number of hydrogen-bond donors (Lipinski definition) is 0. The summed E-state index contributed by atoms with van der Waals surface area (Å²) >= 11 is 0. The molecule has 0 atom stereocenters. The lowest BCUT2D eigenvalue weighted by Crippen LogP contribution is -1.99. The number of benzene rings is 4. The highest BCUT2D eigenvalue weighted by Crippen LogP contribution is 2.36. The molecule has 0 radical (unpaired) electrons. The van der Waals surface area contributed by atoms with Gasteiger partial charge in [0.15, 0.2) is 11.0 Å². The molecule has 0 unspecified atom stereocenters. The average molecular weight is 779 g/mol. The van der Waals surface area contributed by atoms with Gasteiger partial charge in [0, 0.05) is 69.1 Å². The van der Waals surface area contributed by atoms with Crippen molar-refractivity contribution in [2.24, 2.45) is 0 Å². The summed E-state index contributed by atoms with van der Waals surface area (Å²) in [4.78, 5) is 19.4. The summed E-state index contributed by atoms with van der Waals surface area (Å²) < 4.78 is 25.0. The number of rotatable bonds is 0. The first-order valence-corrected chi connectivity index (χ1v) is 19.2. The molecule has 18 rings (SSSR count). The number of aromatic nitrogens is 14. The smallest absolute Gasteiger partial charge is 0.308 e. The fourth-order valence-corrected chi connectivity index (χ4v) is 9.08. The Morgan fingerprint density at radius 2 is 0.683 bits per heavy atom. The van der Waals surface area contributed by atoms with Gasteiger partial charge < -0.3 is 18.0 Å². The summed E-state index contributed by atoms with van der Waals surface area (Å²) in [5, 5.41) is 21.8. The third kappa shape index (κ3) is 3.79. The van der Waals surface area contributed by atoms with Gasteiger partial charge in [-0.2, -0.15) is 9.97 Å². The van der Waals surface area contributed by atoms with Crippen molar-refractivity contribution in [2.45, 2.75) is 0 Å². The molecule has 16 heteroatoms. The SMILES string of the molecule is c1cc2ccc1-n1cnc3nnc4oc(nc4c31)-n1ccc3ccc4ccn(c4c31)-c1nc3c(nnc4ncn(c43)-c3ccc(cc3)-n3ccc4ccc5ccn-2c5c43)o1. The Labute approximate surface area is 333 Å². The molecule has 8 bridgehead atoms. The van der Waals surface area contributed by atoms with E-state index < -0.39 is 0 Å². The first kappa shape index (κ1) is 30.2. The maximum atomic E-state index is 6.40. The molecule has 14 heterocycles. The Balaban J connectivity index is 1.03. The van der Waals surface area contributed by atoms with Crippen LogP contribution in [0.4, 0.5) is 0 Å². The topological polar surface area (TPSA) is 159 Å². The second-order valence-corrected chi connectivity index (χ2v) is 14.9. The van der Waals surface area contributed by atoms with Crippen LogP contribution in [0, 0.1) is 0 Å². The van der Waals surface area contributed by atoms with Gasteiger partial charge in [0.25, 0.3) is 11.4 Å². The van der Waals surface area contributed by atoms with E-state index in [1.165, 1.54) is 0 Å². The van der Waals surface area contributed by atoms with Crippen LogP contribution in [0.25, 0.3) is 123 Å². The van der Waals surface area contributed by atoms with Crippen LogP contribution in [0.15, 0.2) is 143 Å². The fraction of sp³-hybridized carbons (Fsp3) is 0. The van der Waals surface area contributed by atoms with Crippen molar-refractivity contribution in [2.75, 3.05) is 0 Å². The Morgan fingerprint density at radius 3 is 1.08 bits per heavy atom. The van der Waals surface area contributed by atoms with Gasteiger partial charge in [0.1, 0.15) is 23.7 Å². The minimum Gasteiger partial charge on any atom is -0.402 e. The Hall–Kier alpha value is -8.92. The van der Waals surface area contributed by atoms with Gasteiger partial charge in [-0.25, -0.2) is 9.97 Å². The van der Waals surface area contributed by atoms with Crippen LogP contribution in [0.2, 0.25) is 0 Å². The molecule has 60 heavy (non-hydrogen) atoms. The van der Waals surface area contributed by atoms with E-state index in [9.17, 15) is 0 Å². The van der Waals surface area contributed by atoms with Crippen LogP contribution in [-0.4, -0.2) is 67.7 Å². The summed E-state index contributed by atoms with van der Waals surface area (Å²) in [6.45, 7) is 0. The van der Waals surface area contributed by atoms with Crippen LogP contribution in [-0.2, 0) is 0 Å². The predicted molar refractivity (Wildman–Crippen MR) is 223 cm³/mol. The molecule has 14 aromatic rings. The second kappa shape index (κ2) is 10.5. The lowest BCUT2D eigenvalue weighted by Gasteiger charge is -2.12. The molecule has 4 aliphatic heterocycles. The number of oxazole rings is 2. The molecule has 4 aliphatic rings. The lowest BCUT2D eigenvalue weighted by atomic mass is 10.2. The van der Waals surface area contributed by atoms with Gasteiger partial charge in [-0.05, 0) is 72.8 Å². The van der Waals surface area contributed by atoms with Crippen LogP contribution in [0.1, 0.15) is 0 Å². The molecule has 0 saturated carbocycles. The Kier molecular flexibility index (Phi) is 5.30. The normalized spacial score (nSPS) is 12.7. The quantitative estimate of drug-likeness (QED) is 0.147. The second-order valence-electron chi connectivity index (χ2n) is 14.9. The zero-order chi connectivity index (χ0) is 38.8. The van der Waals surface area contributed by atoms with Crippen molar-refractivity contribution in [1.29, 1.82) is 0 Å². The molecule has 0 N–H and O–H groups in total. The van der Waals surface area contributed by atoms with Crippen LogP contribution >= 0.6 is 0 Å². The molecule has 0 spiro atoms. The van der Waals surface area contributed by atoms with Crippen LogP contribution in [0.5, 0.6) is 0 Å². The highest BCUT2D eigenvalue weighted by atomic mass is 16.4. The van der Waals surface area contributed by atoms with Crippen molar-refractivity contribution in [3.8, 4) is 34.8 Å². The zero-order valence-electron chi connectivity index (χ0n) is 30.8. The average Bonchev–Trinajstić information content (AvgIpc) is 4.14. The van der Waals surface area contributed by atoms with Gasteiger partial charge in [0.05, 0.1) is 22.1 Å². The monoisotopic (exact) mass is 778 g/mol. The van der Waals surface area contributed by atoms with E-state index in [1.54, 1.807) is 12.7 Å². The third-order valence-electron chi connectivity index (χ3n) is 11.8. The van der Waals surface area contributed by atoms with Crippen molar-refractivity contribution in [3.05, 3.63) is 135 Å². The number of nitrogens with zero attached hydrogens (tertiary/aromatic N) is 14. The van der Waals surface area contributed by atoms with E-state index in [0.29, 0.717) is 45.4 Å². The van der Waals surface area contributed by atoms with E-state index in [2.05, 4.69) is 137 Å². The fourth-order valence-electron chi connectivity index (χ4n) is 9.08. The van der Waals surface area contributed by atoms with E-state index in [4.69, 9.17) is 18.8 Å². The lowest BCUT2D eigenvalue weighted by molar-refractivity contribution is 0.553. The van der Waals surface area contributed by atoms with Gasteiger partial charge in [-0.15, -0.1) is 20.4 Å². The van der Waals surface area contributed by atoms with Crippen molar-refractivity contribution < 1.29 is 8.83 Å². The van der Waals surface area contributed by atoms with E-state index in [1.807, 2.05) is 42.8 Å². The maximum absolute atomic E-state index is 6.40. The number of imidazole rings is 2. The van der Waals surface area contributed by atoms with E-state index in [0.717, 1.165) is 66.4 Å². The Morgan fingerprint density at radius 1 is 0.333 bits per heavy atom. The summed E-state index contributed by atoms with van der Waals surface area (Å²) in [6, 6.07) is 34.2. The van der Waals surface area contributed by atoms with Gasteiger partial charge in [0.2, 0.25) is 11.3 Å². The molecule has 0 aliphatic carbocycles. The molecule has 0 fully saturated rings. The minimum atomic E-state index is 0.287. The van der Waals surface area contributed by atoms with Gasteiger partial charge >= 0.3 is 12.0 Å². The summed E-state index contributed by atoms with van der Waals surface area (Å²) in [7, 11) is 0. The van der Waals surface area contributed by atoms with Gasteiger partial charge in [-0.1, -0.05) is 24.3 Å². The highest BCUT2D eigenvalue weighted by molar-refractivity contribution is 6.07. The summed E-state index contributed by atoms with van der Waals surface area (Å²) in [5.74, 6) is 0. The van der Waals surface area contributed by atoms with E-state index >= 15 is 0 Å². The van der Waals surface area contributed by atoms with Gasteiger partial charge in [-0.3, -0.25) is 18.3 Å². The standard InChI is InChI=1S/C44H22N14O2/c1-2-24-14-18-54-28-7-11-30(12-8-28)58-22-46-40-38(58)32-42(52-50-40)60-44(48-32)56-20-16-26-4-3-25-15-19-55(35(25)36(26)56)43-47-31-37-39(49-51-41(31)59-43)45-21-57(37)29-9-5-27(6-10-29)53-17-13-23(1)33(53)34(24)54/h1-22H. The summed E-state index contributed by atoms with van der Waals surface area (Å²) in [6.07, 6.45) is 11.6. The first-order chi connectivity index (χ1) is 29.7. The highest BCUT2D eigenvalue weighted by Gasteiger charge is 2.24. The molecule has 16 nitrogen and oxygen atoms in total. The first-order valence-electron chi connectivity index (χ1n) is 19.2. The molecule has 4 aromatic carbocycles.